The van der Waals surface area contributed by atoms with Crippen LogP contribution in [-0.4, -0.2) is 33.6 Å². The lowest BCUT2D eigenvalue weighted by Gasteiger charge is -2.09. The van der Waals surface area contributed by atoms with E-state index in [2.05, 4.69) is 15.5 Å². The average Bonchev–Trinajstić information content (AvgIpc) is 3.06. The van der Waals surface area contributed by atoms with Crippen molar-refractivity contribution in [3.8, 4) is 0 Å². The molecule has 0 bridgehead atoms. The van der Waals surface area contributed by atoms with Crippen LogP contribution in [0.15, 0.2) is 36.4 Å². The Balaban J connectivity index is 1.69. The van der Waals surface area contributed by atoms with Crippen molar-refractivity contribution in [2.45, 2.75) is 13.8 Å². The van der Waals surface area contributed by atoms with Gasteiger partial charge in [0.25, 0.3) is 11.6 Å². The summed E-state index contributed by atoms with van der Waals surface area (Å²) >= 11 is 0. The van der Waals surface area contributed by atoms with Crippen molar-refractivity contribution in [2.24, 2.45) is 0 Å². The molecule has 1 heterocycles. The van der Waals surface area contributed by atoms with Crippen molar-refractivity contribution >= 4 is 34.2 Å². The zero-order valence-corrected chi connectivity index (χ0v) is 14.6. The number of nitrogens with one attached hydrogen (secondary N) is 2. The average molecular weight is 368 g/mol. The summed E-state index contributed by atoms with van der Waals surface area (Å²) < 4.78 is 4.98. The Labute approximate surface area is 153 Å². The molecule has 1 aromatic heterocycles. The molecular weight excluding hydrogens is 352 g/mol. The summed E-state index contributed by atoms with van der Waals surface area (Å²) in [6.45, 7) is 2.92. The second kappa shape index (κ2) is 7.24. The van der Waals surface area contributed by atoms with Gasteiger partial charge in [-0.3, -0.25) is 20.0 Å². The van der Waals surface area contributed by atoms with E-state index in [1.807, 2.05) is 0 Å². The van der Waals surface area contributed by atoms with E-state index >= 15 is 0 Å². The van der Waals surface area contributed by atoms with Crippen LogP contribution in [0.2, 0.25) is 0 Å². The number of rotatable bonds is 5. The van der Waals surface area contributed by atoms with E-state index in [4.69, 9.17) is 4.74 Å². The molecule has 0 aliphatic carbocycles. The number of esters is 1. The molecule has 0 fully saturated rings. The molecule has 0 saturated carbocycles. The maximum absolute atomic E-state index is 12.2. The van der Waals surface area contributed by atoms with Crippen molar-refractivity contribution in [3.05, 3.63) is 63.3 Å². The minimum Gasteiger partial charge on any atom is -0.451 e. The van der Waals surface area contributed by atoms with Gasteiger partial charge in [-0.15, -0.1) is 0 Å². The minimum absolute atomic E-state index is 0.0503. The van der Waals surface area contributed by atoms with Crippen LogP contribution in [0.4, 0.5) is 11.4 Å². The van der Waals surface area contributed by atoms with E-state index < -0.39 is 23.4 Å². The van der Waals surface area contributed by atoms with Crippen molar-refractivity contribution < 1.29 is 19.2 Å². The Kier molecular flexibility index (Phi) is 4.84. The van der Waals surface area contributed by atoms with E-state index in [9.17, 15) is 19.7 Å². The first-order chi connectivity index (χ1) is 12.9. The van der Waals surface area contributed by atoms with Gasteiger partial charge in [-0.25, -0.2) is 4.79 Å². The Bertz CT molecular complexity index is 1060. The van der Waals surface area contributed by atoms with Crippen LogP contribution in [0.5, 0.6) is 0 Å². The van der Waals surface area contributed by atoms with Crippen molar-refractivity contribution in [1.29, 1.82) is 0 Å². The van der Waals surface area contributed by atoms with E-state index in [-0.39, 0.29) is 17.1 Å². The number of hydrogen-bond donors (Lipinski definition) is 2. The lowest BCUT2D eigenvalue weighted by molar-refractivity contribution is -0.384. The Morgan fingerprint density at radius 3 is 2.67 bits per heavy atom. The van der Waals surface area contributed by atoms with Gasteiger partial charge in [-0.05, 0) is 37.1 Å². The molecule has 0 unspecified atom stereocenters. The molecule has 0 radical (unpaired) electrons. The van der Waals surface area contributed by atoms with E-state index in [1.165, 1.54) is 12.1 Å². The number of fused-ring (bicyclic) bond motifs is 1. The molecule has 9 heteroatoms. The molecule has 3 rings (SSSR count). The molecule has 0 aliphatic heterocycles. The van der Waals surface area contributed by atoms with Gasteiger partial charge in [-0.1, -0.05) is 18.2 Å². The maximum atomic E-state index is 12.2. The number of nitro groups is 1. The van der Waals surface area contributed by atoms with Gasteiger partial charge >= 0.3 is 5.97 Å². The summed E-state index contributed by atoms with van der Waals surface area (Å²) in [6.07, 6.45) is 0. The molecule has 2 N–H and O–H groups in total. The predicted octanol–water partition coefficient (Wildman–Crippen LogP) is 2.88. The molecule has 0 atom stereocenters. The number of carbonyl (C=O) groups excluding carboxylic acids is 2. The van der Waals surface area contributed by atoms with Crippen LogP contribution < -0.4 is 5.32 Å². The molecule has 0 aliphatic rings. The maximum Gasteiger partial charge on any atom is 0.359 e. The fourth-order valence-electron chi connectivity index (χ4n) is 2.56. The second-order valence-corrected chi connectivity index (χ2v) is 5.95. The topological polar surface area (TPSA) is 127 Å². The summed E-state index contributed by atoms with van der Waals surface area (Å²) in [7, 11) is 0. The summed E-state index contributed by atoms with van der Waals surface area (Å²) in [4.78, 5) is 34.8. The van der Waals surface area contributed by atoms with Crippen LogP contribution in [0.25, 0.3) is 10.9 Å². The predicted molar refractivity (Wildman–Crippen MR) is 97.6 cm³/mol. The Hall–Kier alpha value is -3.75. The quantitative estimate of drug-likeness (QED) is 0.405. The first-order valence-electron chi connectivity index (χ1n) is 8.02. The first-order valence-corrected chi connectivity index (χ1v) is 8.02. The number of anilines is 1. The molecule has 2 aromatic carbocycles. The normalized spacial score (nSPS) is 10.6. The molecule has 0 saturated heterocycles. The van der Waals surface area contributed by atoms with Crippen molar-refractivity contribution in [1.82, 2.24) is 10.2 Å². The number of hydrogen-bond acceptors (Lipinski definition) is 6. The Morgan fingerprint density at radius 2 is 1.93 bits per heavy atom. The third-order valence-corrected chi connectivity index (χ3v) is 4.08. The lowest BCUT2D eigenvalue weighted by atomic mass is 10.1. The van der Waals surface area contributed by atoms with E-state index in [1.54, 1.807) is 38.1 Å². The van der Waals surface area contributed by atoms with Gasteiger partial charge in [0.2, 0.25) is 0 Å². The van der Waals surface area contributed by atoms with Gasteiger partial charge in [0, 0.05) is 11.5 Å². The highest BCUT2D eigenvalue weighted by Gasteiger charge is 2.20. The van der Waals surface area contributed by atoms with Gasteiger partial charge in [0.1, 0.15) is 5.69 Å². The molecule has 3 aromatic rings. The van der Waals surface area contributed by atoms with Crippen LogP contribution in [0, 0.1) is 24.0 Å². The number of nitrogens with zero attached hydrogens (tertiary/aromatic N) is 2. The number of aromatic amines is 1. The highest BCUT2D eigenvalue weighted by atomic mass is 16.6. The van der Waals surface area contributed by atoms with E-state index in [0.29, 0.717) is 10.9 Å². The van der Waals surface area contributed by atoms with Gasteiger partial charge in [0.05, 0.1) is 10.4 Å². The monoisotopic (exact) mass is 368 g/mol. The summed E-state index contributed by atoms with van der Waals surface area (Å²) in [5, 5.41) is 20.8. The largest absolute Gasteiger partial charge is 0.451 e. The summed E-state index contributed by atoms with van der Waals surface area (Å²) in [6, 6.07) is 9.89. The van der Waals surface area contributed by atoms with Gasteiger partial charge in [0.15, 0.2) is 12.3 Å². The number of aromatic nitrogens is 2. The number of aryl methyl sites for hydroxylation is 2. The zero-order valence-electron chi connectivity index (χ0n) is 14.6. The smallest absolute Gasteiger partial charge is 0.359 e. The summed E-state index contributed by atoms with van der Waals surface area (Å²) in [5.41, 5.74) is 2.08. The molecule has 27 heavy (non-hydrogen) atoms. The molecule has 1 amide bonds. The minimum atomic E-state index is -0.766. The fourth-order valence-corrected chi connectivity index (χ4v) is 2.56. The number of amides is 1. The zero-order chi connectivity index (χ0) is 19.6. The Morgan fingerprint density at radius 1 is 1.22 bits per heavy atom. The fraction of sp³-hybridized carbons (Fsp3) is 0.167. The number of nitro benzene ring substituents is 1. The van der Waals surface area contributed by atoms with Crippen LogP contribution >= 0.6 is 0 Å². The van der Waals surface area contributed by atoms with Gasteiger partial charge in [-0.2, -0.15) is 5.10 Å². The number of benzene rings is 2. The first kappa shape index (κ1) is 18.1. The van der Waals surface area contributed by atoms with Crippen molar-refractivity contribution in [3.63, 3.8) is 0 Å². The standard InChI is InChI=1S/C18H16N4O5/c1-10-7-14(15(22(25)26)8-11(10)2)19-16(23)9-27-18(24)17-12-5-3-4-6-13(12)20-21-17/h3-8H,9H2,1-2H3,(H,19,23)(H,20,21). The van der Waals surface area contributed by atoms with Crippen molar-refractivity contribution in [2.75, 3.05) is 11.9 Å². The van der Waals surface area contributed by atoms with Crippen LogP contribution in [0.3, 0.4) is 0 Å². The number of ether oxygens (including phenoxy) is 1. The second-order valence-electron chi connectivity index (χ2n) is 5.95. The molecule has 0 spiro atoms. The molecule has 138 valence electrons. The molecule has 9 nitrogen and oxygen atoms in total. The highest BCUT2D eigenvalue weighted by molar-refractivity contribution is 6.03. The lowest BCUT2D eigenvalue weighted by Crippen LogP contribution is -2.21. The molecular formula is C18H16N4O5. The SMILES string of the molecule is Cc1cc(NC(=O)COC(=O)c2n[nH]c3ccccc23)c([N+](=O)[O-])cc1C. The third kappa shape index (κ3) is 3.76. The number of H-pyrrole nitrogens is 1. The number of para-hydroxylation sites is 1. The highest BCUT2D eigenvalue weighted by Crippen LogP contribution is 2.27. The van der Waals surface area contributed by atoms with Gasteiger partial charge < -0.3 is 10.1 Å². The number of carbonyl (C=O) groups is 2. The summed E-state index contributed by atoms with van der Waals surface area (Å²) in [5.74, 6) is -1.45. The van der Waals surface area contributed by atoms with E-state index in [0.717, 1.165) is 11.1 Å². The third-order valence-electron chi connectivity index (χ3n) is 4.08. The van der Waals surface area contributed by atoms with Crippen LogP contribution in [0.1, 0.15) is 21.6 Å². The van der Waals surface area contributed by atoms with Crippen LogP contribution in [-0.2, 0) is 9.53 Å².